The maximum Gasteiger partial charge on any atom is 0.240 e. The number of nitrogens with one attached hydrogen (secondary N) is 1. The molecule has 1 aromatic heterocycles. The van der Waals surface area contributed by atoms with Crippen molar-refractivity contribution in [1.29, 1.82) is 0 Å². The van der Waals surface area contributed by atoms with E-state index in [2.05, 4.69) is 10.3 Å². The van der Waals surface area contributed by atoms with Gasteiger partial charge < -0.3 is 15.6 Å². The molecule has 0 bridgehead atoms. The predicted octanol–water partition coefficient (Wildman–Crippen LogP) is 3.45. The van der Waals surface area contributed by atoms with Gasteiger partial charge in [0, 0.05) is 16.7 Å². The number of imidazole rings is 1. The normalized spacial score (nSPS) is 12.8. The summed E-state index contributed by atoms with van der Waals surface area (Å²) in [6, 6.07) is 9.69. The van der Waals surface area contributed by atoms with Crippen LogP contribution in [0.5, 0.6) is 0 Å². The number of benzene rings is 2. The SMILES string of the molecule is CC(=O)c1cccc2ncn(CC(=O)NC(C)c3ccc(C(C)(C)N)c(F)c3)c12. The molecule has 7 heteroatoms. The largest absolute Gasteiger partial charge is 0.348 e. The molecule has 2 aromatic carbocycles. The Hall–Kier alpha value is -3.06. The minimum atomic E-state index is -0.786. The van der Waals surface area contributed by atoms with Crippen LogP contribution in [0.3, 0.4) is 0 Å². The number of amides is 1. The monoisotopic (exact) mass is 396 g/mol. The lowest BCUT2D eigenvalue weighted by atomic mass is 9.93. The van der Waals surface area contributed by atoms with Crippen LogP contribution in [0.15, 0.2) is 42.7 Å². The second kappa shape index (κ2) is 7.75. The van der Waals surface area contributed by atoms with E-state index in [1.807, 2.05) is 0 Å². The molecular formula is C22H25FN4O2. The molecule has 0 aliphatic rings. The third-order valence-corrected chi connectivity index (χ3v) is 4.90. The lowest BCUT2D eigenvalue weighted by molar-refractivity contribution is -0.122. The van der Waals surface area contributed by atoms with Crippen molar-refractivity contribution >= 4 is 22.7 Å². The van der Waals surface area contributed by atoms with E-state index in [-0.39, 0.29) is 18.2 Å². The Morgan fingerprint density at radius 1 is 1.28 bits per heavy atom. The summed E-state index contributed by atoms with van der Waals surface area (Å²) < 4.78 is 16.1. The number of hydrogen-bond donors (Lipinski definition) is 2. The molecule has 1 atom stereocenters. The molecule has 0 spiro atoms. The summed E-state index contributed by atoms with van der Waals surface area (Å²) >= 11 is 0. The topological polar surface area (TPSA) is 90.0 Å². The third-order valence-electron chi connectivity index (χ3n) is 4.90. The van der Waals surface area contributed by atoms with E-state index in [0.29, 0.717) is 27.7 Å². The van der Waals surface area contributed by atoms with Crippen LogP contribution in [0.25, 0.3) is 11.0 Å². The number of halogens is 1. The molecule has 0 fully saturated rings. The van der Waals surface area contributed by atoms with E-state index in [1.165, 1.54) is 13.0 Å². The van der Waals surface area contributed by atoms with Crippen molar-refractivity contribution in [3.05, 3.63) is 65.2 Å². The van der Waals surface area contributed by atoms with E-state index in [0.717, 1.165) is 0 Å². The van der Waals surface area contributed by atoms with Crippen LogP contribution in [-0.2, 0) is 16.9 Å². The summed E-state index contributed by atoms with van der Waals surface area (Å²) in [5.41, 5.74) is 8.05. The van der Waals surface area contributed by atoms with Gasteiger partial charge in [-0.05, 0) is 51.5 Å². The number of rotatable bonds is 6. The Bertz CT molecular complexity index is 1080. The first-order valence-electron chi connectivity index (χ1n) is 9.41. The van der Waals surface area contributed by atoms with Gasteiger partial charge in [-0.1, -0.05) is 18.2 Å². The van der Waals surface area contributed by atoms with Gasteiger partial charge in [-0.25, -0.2) is 9.37 Å². The lowest BCUT2D eigenvalue weighted by Gasteiger charge is -2.22. The van der Waals surface area contributed by atoms with Crippen molar-refractivity contribution in [2.75, 3.05) is 0 Å². The highest BCUT2D eigenvalue weighted by Gasteiger charge is 2.21. The molecule has 0 aliphatic heterocycles. The van der Waals surface area contributed by atoms with Crippen molar-refractivity contribution in [3.63, 3.8) is 0 Å². The molecule has 6 nitrogen and oxygen atoms in total. The van der Waals surface area contributed by atoms with Gasteiger partial charge in [0.2, 0.25) is 5.91 Å². The van der Waals surface area contributed by atoms with Crippen molar-refractivity contribution in [1.82, 2.24) is 14.9 Å². The Morgan fingerprint density at radius 2 is 2.00 bits per heavy atom. The van der Waals surface area contributed by atoms with Crippen LogP contribution in [-0.4, -0.2) is 21.2 Å². The summed E-state index contributed by atoms with van der Waals surface area (Å²) in [6.45, 7) is 6.74. The number of para-hydroxylation sites is 1. The van der Waals surface area contributed by atoms with Crippen molar-refractivity contribution in [2.24, 2.45) is 5.73 Å². The van der Waals surface area contributed by atoms with Gasteiger partial charge in [0.05, 0.1) is 23.4 Å². The van der Waals surface area contributed by atoms with Crippen LogP contribution in [0, 0.1) is 5.82 Å². The zero-order chi connectivity index (χ0) is 21.3. The Kier molecular flexibility index (Phi) is 5.53. The van der Waals surface area contributed by atoms with Crippen LogP contribution in [0.1, 0.15) is 55.2 Å². The zero-order valence-electron chi connectivity index (χ0n) is 17.0. The highest BCUT2D eigenvalue weighted by Crippen LogP contribution is 2.24. The Morgan fingerprint density at radius 3 is 2.62 bits per heavy atom. The highest BCUT2D eigenvalue weighted by atomic mass is 19.1. The van der Waals surface area contributed by atoms with E-state index >= 15 is 0 Å². The summed E-state index contributed by atoms with van der Waals surface area (Å²) in [6.07, 6.45) is 1.54. The highest BCUT2D eigenvalue weighted by molar-refractivity contribution is 6.05. The fraction of sp³-hybridized carbons (Fsp3) is 0.318. The average molecular weight is 396 g/mol. The summed E-state index contributed by atoms with van der Waals surface area (Å²) in [5, 5.41) is 2.86. The fourth-order valence-electron chi connectivity index (χ4n) is 3.38. The zero-order valence-corrected chi connectivity index (χ0v) is 17.0. The molecule has 152 valence electrons. The molecule has 1 amide bonds. The number of Topliss-reactive ketones (excluding diaryl/α,β-unsaturated/α-hetero) is 1. The second-order valence-electron chi connectivity index (χ2n) is 7.85. The van der Waals surface area contributed by atoms with E-state index in [4.69, 9.17) is 5.73 Å². The molecule has 29 heavy (non-hydrogen) atoms. The molecule has 3 rings (SSSR count). The second-order valence-corrected chi connectivity index (χ2v) is 7.85. The number of carbonyl (C=O) groups excluding carboxylic acids is 2. The van der Waals surface area contributed by atoms with Gasteiger partial charge >= 0.3 is 0 Å². The molecule has 0 aliphatic carbocycles. The van der Waals surface area contributed by atoms with E-state index in [1.54, 1.807) is 62.0 Å². The maximum atomic E-state index is 14.4. The molecule has 0 saturated heterocycles. The molecule has 3 aromatic rings. The van der Waals surface area contributed by atoms with Crippen LogP contribution < -0.4 is 11.1 Å². The van der Waals surface area contributed by atoms with Crippen molar-refractivity contribution in [2.45, 2.75) is 45.8 Å². The first kappa shape index (κ1) is 20.7. The first-order chi connectivity index (χ1) is 13.6. The molecule has 1 unspecified atom stereocenters. The number of nitrogens with zero attached hydrogens (tertiary/aromatic N) is 2. The number of ketones is 1. The van der Waals surface area contributed by atoms with E-state index < -0.39 is 17.4 Å². The van der Waals surface area contributed by atoms with Crippen LogP contribution >= 0.6 is 0 Å². The molecular weight excluding hydrogens is 371 g/mol. The fourth-order valence-corrected chi connectivity index (χ4v) is 3.38. The maximum absolute atomic E-state index is 14.4. The van der Waals surface area contributed by atoms with Crippen molar-refractivity contribution < 1.29 is 14.0 Å². The van der Waals surface area contributed by atoms with Gasteiger partial charge in [0.15, 0.2) is 5.78 Å². The first-order valence-corrected chi connectivity index (χ1v) is 9.41. The molecule has 3 N–H and O–H groups in total. The summed E-state index contributed by atoms with van der Waals surface area (Å²) in [7, 11) is 0. The van der Waals surface area contributed by atoms with E-state index in [9.17, 15) is 14.0 Å². The number of aromatic nitrogens is 2. The summed E-state index contributed by atoms with van der Waals surface area (Å²) in [4.78, 5) is 28.7. The minimum absolute atomic E-state index is 0.00152. The lowest BCUT2D eigenvalue weighted by Crippen LogP contribution is -2.31. The smallest absolute Gasteiger partial charge is 0.240 e. The third kappa shape index (κ3) is 4.35. The minimum Gasteiger partial charge on any atom is -0.348 e. The number of nitrogens with two attached hydrogens (primary N) is 1. The van der Waals surface area contributed by atoms with Gasteiger partial charge in [0.25, 0.3) is 0 Å². The summed E-state index contributed by atoms with van der Waals surface area (Å²) in [5.74, 6) is -0.758. The van der Waals surface area contributed by atoms with Gasteiger partial charge in [0.1, 0.15) is 12.4 Å². The Labute approximate surface area is 168 Å². The quantitative estimate of drug-likeness (QED) is 0.625. The van der Waals surface area contributed by atoms with Crippen molar-refractivity contribution in [3.8, 4) is 0 Å². The van der Waals surface area contributed by atoms with Gasteiger partial charge in [-0.15, -0.1) is 0 Å². The molecule has 0 radical (unpaired) electrons. The number of hydrogen-bond acceptors (Lipinski definition) is 4. The predicted molar refractivity (Wildman–Crippen MR) is 110 cm³/mol. The molecule has 0 saturated carbocycles. The number of carbonyl (C=O) groups is 2. The van der Waals surface area contributed by atoms with Gasteiger partial charge in [-0.2, -0.15) is 0 Å². The Balaban J connectivity index is 1.77. The number of fused-ring (bicyclic) bond motifs is 1. The molecule has 1 heterocycles. The van der Waals surface area contributed by atoms with Gasteiger partial charge in [-0.3, -0.25) is 9.59 Å². The standard InChI is InChI=1S/C22H25FN4O2/c1-13(15-8-9-17(18(23)10-15)22(3,4)24)26-20(29)11-27-12-25-19-7-5-6-16(14(2)28)21(19)27/h5-10,12-13H,11,24H2,1-4H3,(H,26,29). The average Bonchev–Trinajstić information content (AvgIpc) is 3.03. The van der Waals surface area contributed by atoms with Crippen LogP contribution in [0.2, 0.25) is 0 Å². The van der Waals surface area contributed by atoms with Crippen LogP contribution in [0.4, 0.5) is 4.39 Å².